The Labute approximate surface area is 103 Å². The summed E-state index contributed by atoms with van der Waals surface area (Å²) in [6.45, 7) is 2.55. The zero-order valence-corrected chi connectivity index (χ0v) is 10.1. The number of hydrogen-bond donors (Lipinski definition) is 2. The number of Topliss-reactive ketones (excluding diaryl/α,β-unsaturated/α-hetero) is 2. The minimum absolute atomic E-state index is 0.00570. The smallest absolute Gasteiger partial charge is 0.176 e. The summed E-state index contributed by atoms with van der Waals surface area (Å²) in [5.74, 6) is -1.59. The number of allylic oxidation sites excluding steroid dienone is 1. The van der Waals surface area contributed by atoms with Crippen molar-refractivity contribution < 1.29 is 19.8 Å². The van der Waals surface area contributed by atoms with Crippen LogP contribution < -0.4 is 0 Å². The van der Waals surface area contributed by atoms with E-state index in [-0.39, 0.29) is 22.2 Å². The molecule has 0 radical (unpaired) electrons. The quantitative estimate of drug-likeness (QED) is 0.376. The predicted octanol–water partition coefficient (Wildman–Crippen LogP) is 2.31. The first-order chi connectivity index (χ1) is 7.82. The van der Waals surface area contributed by atoms with Gasteiger partial charge in [0.2, 0.25) is 0 Å². The molecule has 0 saturated carbocycles. The minimum Gasteiger partial charge on any atom is -0.504 e. The first kappa shape index (κ1) is 13.3. The Morgan fingerprint density at radius 2 is 1.71 bits per heavy atom. The van der Waals surface area contributed by atoms with Crippen LogP contribution in [0.15, 0.2) is 17.7 Å². The molecule has 1 aromatic rings. The highest BCUT2D eigenvalue weighted by Gasteiger charge is 2.11. The van der Waals surface area contributed by atoms with E-state index < -0.39 is 11.5 Å². The van der Waals surface area contributed by atoms with Gasteiger partial charge >= 0.3 is 0 Å². The van der Waals surface area contributed by atoms with Crippen LogP contribution in [0.3, 0.4) is 0 Å². The van der Waals surface area contributed by atoms with E-state index in [2.05, 4.69) is 0 Å². The number of phenols is 2. The maximum absolute atomic E-state index is 11.2. The lowest BCUT2D eigenvalue weighted by molar-refractivity contribution is -0.119. The third-order valence-electron chi connectivity index (χ3n) is 2.14. The molecule has 0 aliphatic carbocycles. The van der Waals surface area contributed by atoms with Crippen LogP contribution in [0.5, 0.6) is 11.5 Å². The van der Waals surface area contributed by atoms with Crippen molar-refractivity contribution in [3.63, 3.8) is 0 Å². The highest BCUT2D eigenvalue weighted by atomic mass is 35.5. The van der Waals surface area contributed by atoms with Crippen molar-refractivity contribution in [1.82, 2.24) is 0 Å². The second kappa shape index (κ2) is 5.01. The summed E-state index contributed by atoms with van der Waals surface area (Å²) < 4.78 is 0. The van der Waals surface area contributed by atoms with Crippen molar-refractivity contribution in [3.8, 4) is 11.5 Å². The van der Waals surface area contributed by atoms with E-state index in [1.807, 2.05) is 0 Å². The summed E-state index contributed by atoms with van der Waals surface area (Å²) in [7, 11) is 0. The highest BCUT2D eigenvalue weighted by molar-refractivity contribution is 6.32. The Morgan fingerprint density at radius 3 is 2.12 bits per heavy atom. The van der Waals surface area contributed by atoms with Crippen molar-refractivity contribution in [2.45, 2.75) is 13.8 Å². The van der Waals surface area contributed by atoms with Crippen LogP contribution in [-0.2, 0) is 9.59 Å². The molecule has 0 fully saturated rings. The molecule has 1 aromatic carbocycles. The first-order valence-corrected chi connectivity index (χ1v) is 5.15. The number of aromatic hydroxyl groups is 2. The molecule has 90 valence electrons. The molecule has 0 unspecified atom stereocenters. The van der Waals surface area contributed by atoms with Crippen LogP contribution in [0.1, 0.15) is 19.4 Å². The number of hydrogen-bond acceptors (Lipinski definition) is 4. The van der Waals surface area contributed by atoms with E-state index in [4.69, 9.17) is 11.6 Å². The highest BCUT2D eigenvalue weighted by Crippen LogP contribution is 2.34. The predicted molar refractivity (Wildman–Crippen MR) is 64.1 cm³/mol. The maximum Gasteiger partial charge on any atom is 0.176 e. The van der Waals surface area contributed by atoms with Gasteiger partial charge in [-0.3, -0.25) is 9.59 Å². The molecule has 0 amide bonds. The van der Waals surface area contributed by atoms with Gasteiger partial charge in [0.05, 0.1) is 10.6 Å². The normalized spacial score (nSPS) is 9.82. The molecule has 0 heterocycles. The second-order valence-electron chi connectivity index (χ2n) is 3.54. The van der Waals surface area contributed by atoms with Crippen molar-refractivity contribution in [2.24, 2.45) is 0 Å². The van der Waals surface area contributed by atoms with E-state index in [0.717, 1.165) is 0 Å². The Hall–Kier alpha value is -1.81. The molecule has 0 spiro atoms. The van der Waals surface area contributed by atoms with Gasteiger partial charge in [-0.15, -0.1) is 0 Å². The molecule has 0 bridgehead atoms. The van der Waals surface area contributed by atoms with Gasteiger partial charge in [-0.1, -0.05) is 11.6 Å². The Kier molecular flexibility index (Phi) is 3.91. The molecule has 0 atom stereocenters. The van der Waals surface area contributed by atoms with E-state index in [9.17, 15) is 19.8 Å². The molecule has 0 saturated heterocycles. The molecule has 2 N–H and O–H groups in total. The van der Waals surface area contributed by atoms with Gasteiger partial charge in [0.1, 0.15) is 0 Å². The van der Waals surface area contributed by atoms with Crippen molar-refractivity contribution in [2.75, 3.05) is 0 Å². The summed E-state index contributed by atoms with van der Waals surface area (Å²) in [4.78, 5) is 22.4. The number of benzene rings is 1. The monoisotopic (exact) mass is 254 g/mol. The lowest BCUT2D eigenvalue weighted by Gasteiger charge is -2.03. The van der Waals surface area contributed by atoms with Gasteiger partial charge in [0.25, 0.3) is 0 Å². The Morgan fingerprint density at radius 1 is 1.18 bits per heavy atom. The fraction of sp³-hybridized carbons (Fsp3) is 0.167. The summed E-state index contributed by atoms with van der Waals surface area (Å²) in [6, 6.07) is 2.57. The molecular weight excluding hydrogens is 244 g/mol. The molecule has 5 heteroatoms. The summed E-state index contributed by atoms with van der Waals surface area (Å²) >= 11 is 5.65. The average molecular weight is 255 g/mol. The zero-order valence-electron chi connectivity index (χ0n) is 9.32. The molecule has 0 aliphatic heterocycles. The number of carbonyl (C=O) groups is 2. The largest absolute Gasteiger partial charge is 0.504 e. The fourth-order valence-electron chi connectivity index (χ4n) is 1.31. The first-order valence-electron chi connectivity index (χ1n) is 4.78. The van der Waals surface area contributed by atoms with Crippen LogP contribution in [-0.4, -0.2) is 21.8 Å². The molecule has 0 aromatic heterocycles. The zero-order chi connectivity index (χ0) is 13.2. The molecule has 0 aliphatic rings. The second-order valence-corrected chi connectivity index (χ2v) is 3.95. The van der Waals surface area contributed by atoms with Crippen molar-refractivity contribution in [1.29, 1.82) is 0 Å². The summed E-state index contributed by atoms with van der Waals surface area (Å²) in [5.41, 5.74) is 0.372. The van der Waals surface area contributed by atoms with Crippen LogP contribution in [0, 0.1) is 0 Å². The Bertz CT molecular complexity index is 478. The number of rotatable bonds is 3. The van der Waals surface area contributed by atoms with Gasteiger partial charge in [-0.2, -0.15) is 0 Å². The van der Waals surface area contributed by atoms with Crippen molar-refractivity contribution >= 4 is 29.2 Å². The summed E-state index contributed by atoms with van der Waals surface area (Å²) in [6.07, 6.45) is 1.32. The third-order valence-corrected chi connectivity index (χ3v) is 2.42. The maximum atomic E-state index is 11.2. The van der Waals surface area contributed by atoms with Crippen molar-refractivity contribution in [3.05, 3.63) is 28.3 Å². The van der Waals surface area contributed by atoms with E-state index in [1.165, 1.54) is 32.1 Å². The van der Waals surface area contributed by atoms with E-state index in [0.29, 0.717) is 5.56 Å². The van der Waals surface area contributed by atoms with Gasteiger partial charge in [0, 0.05) is 0 Å². The molecular formula is C12H11ClO4. The topological polar surface area (TPSA) is 74.6 Å². The number of ketones is 2. The van der Waals surface area contributed by atoms with Gasteiger partial charge in [-0.05, 0) is 37.6 Å². The van der Waals surface area contributed by atoms with E-state index in [1.54, 1.807) is 0 Å². The van der Waals surface area contributed by atoms with Crippen LogP contribution >= 0.6 is 11.6 Å². The van der Waals surface area contributed by atoms with Crippen LogP contribution in [0.4, 0.5) is 0 Å². The number of phenolic OH excluding ortho intramolecular Hbond substituents is 2. The lowest BCUT2D eigenvalue weighted by atomic mass is 10.0. The minimum atomic E-state index is -0.434. The fourth-order valence-corrected chi connectivity index (χ4v) is 1.53. The molecule has 1 rings (SSSR count). The molecule has 17 heavy (non-hydrogen) atoms. The lowest BCUT2D eigenvalue weighted by Crippen LogP contribution is -2.05. The number of halogens is 1. The summed E-state index contributed by atoms with van der Waals surface area (Å²) in [5, 5.41) is 18.5. The SMILES string of the molecule is CC(=O)C(=Cc1cc(O)c(O)c(Cl)c1)C(C)=O. The van der Waals surface area contributed by atoms with Gasteiger partial charge < -0.3 is 10.2 Å². The number of carbonyl (C=O) groups excluding carboxylic acids is 2. The van der Waals surface area contributed by atoms with Crippen LogP contribution in [0.2, 0.25) is 5.02 Å². The standard InChI is InChI=1S/C12H11ClO4/c1-6(14)9(7(2)15)3-8-4-10(13)12(17)11(16)5-8/h3-5,16-17H,1-2H3. The van der Waals surface area contributed by atoms with E-state index >= 15 is 0 Å². The third kappa shape index (κ3) is 3.07. The Balaban J connectivity index is 3.30. The molecule has 4 nitrogen and oxygen atoms in total. The average Bonchev–Trinajstić information content (AvgIpc) is 2.21. The van der Waals surface area contributed by atoms with Gasteiger partial charge in [0.15, 0.2) is 23.1 Å². The van der Waals surface area contributed by atoms with Crippen LogP contribution in [0.25, 0.3) is 6.08 Å². The van der Waals surface area contributed by atoms with Gasteiger partial charge in [-0.25, -0.2) is 0 Å².